The van der Waals surface area contributed by atoms with Crippen molar-refractivity contribution in [1.82, 2.24) is 20.6 Å². The molecule has 1 saturated carbocycles. The Hall–Kier alpha value is -1.87. The Morgan fingerprint density at radius 1 is 1.17 bits per heavy atom. The molecule has 1 aromatic heterocycles. The van der Waals surface area contributed by atoms with Crippen LogP contribution in [-0.4, -0.2) is 60.3 Å². The van der Waals surface area contributed by atoms with Crippen LogP contribution in [0.4, 0.5) is 11.8 Å². The van der Waals surface area contributed by atoms with E-state index in [1.165, 1.54) is 0 Å². The maximum atomic E-state index is 12.1. The molecule has 1 aliphatic carbocycles. The van der Waals surface area contributed by atoms with Gasteiger partial charge < -0.3 is 16.0 Å². The summed E-state index contributed by atoms with van der Waals surface area (Å²) in [6.45, 7) is 2.69. The topological polar surface area (TPSA) is 99.2 Å². The van der Waals surface area contributed by atoms with Gasteiger partial charge in [0.2, 0.25) is 18.3 Å². The fraction of sp³-hybridized carbons (Fsp3) is 0.714. The maximum Gasteiger partial charge on any atom is 0.224 e. The summed E-state index contributed by atoms with van der Waals surface area (Å²) in [6.07, 6.45) is 12.1. The van der Waals surface area contributed by atoms with E-state index in [0.717, 1.165) is 76.6 Å². The van der Waals surface area contributed by atoms with E-state index in [1.807, 2.05) is 6.20 Å². The number of aromatic nitrogens is 2. The van der Waals surface area contributed by atoms with Gasteiger partial charge in [-0.05, 0) is 57.9 Å². The molecule has 0 aromatic carbocycles. The molecule has 2 amide bonds. The summed E-state index contributed by atoms with van der Waals surface area (Å²) in [4.78, 5) is 35.1. The predicted octanol–water partition coefficient (Wildman–Crippen LogP) is 1.77. The van der Waals surface area contributed by atoms with Crippen LogP contribution in [0, 0.1) is 5.92 Å². The molecule has 1 atom stereocenters. The Balaban J connectivity index is 0.00000124. The Morgan fingerprint density at radius 3 is 2.53 bits per heavy atom. The van der Waals surface area contributed by atoms with Gasteiger partial charge in [-0.2, -0.15) is 17.6 Å². The zero-order valence-electron chi connectivity index (χ0n) is 17.8. The SMILES string of the molecule is CS.O=CN(c1nc(NC2CCNCC2)ncc1C[C@@H]1CCNC1=O)C1CCCC1. The average molecular weight is 435 g/mol. The molecule has 3 N–H and O–H groups in total. The van der Waals surface area contributed by atoms with Gasteiger partial charge in [0.25, 0.3) is 0 Å². The fourth-order valence-corrected chi connectivity index (χ4v) is 4.58. The number of piperidine rings is 1. The van der Waals surface area contributed by atoms with Crippen LogP contribution < -0.4 is 20.9 Å². The van der Waals surface area contributed by atoms with Crippen molar-refractivity contribution < 1.29 is 9.59 Å². The summed E-state index contributed by atoms with van der Waals surface area (Å²) in [5.41, 5.74) is 0.886. The molecule has 2 aliphatic heterocycles. The molecule has 0 radical (unpaired) electrons. The van der Waals surface area contributed by atoms with Gasteiger partial charge in [0.05, 0.1) is 0 Å². The Labute approximate surface area is 184 Å². The molecule has 30 heavy (non-hydrogen) atoms. The van der Waals surface area contributed by atoms with Crippen molar-refractivity contribution in [3.8, 4) is 0 Å². The van der Waals surface area contributed by atoms with Crippen molar-refractivity contribution in [2.75, 3.05) is 36.1 Å². The van der Waals surface area contributed by atoms with E-state index in [9.17, 15) is 9.59 Å². The second-order valence-corrected chi connectivity index (χ2v) is 8.14. The molecular formula is C21H34N6O2S. The van der Waals surface area contributed by atoms with Crippen molar-refractivity contribution in [2.45, 2.75) is 63.5 Å². The third-order valence-electron chi connectivity index (χ3n) is 6.22. The maximum absolute atomic E-state index is 12.1. The highest BCUT2D eigenvalue weighted by Crippen LogP contribution is 2.31. The lowest BCUT2D eigenvalue weighted by atomic mass is 9.99. The van der Waals surface area contributed by atoms with E-state index in [0.29, 0.717) is 24.2 Å². The molecule has 166 valence electrons. The second kappa shape index (κ2) is 11.5. The van der Waals surface area contributed by atoms with Crippen LogP contribution in [0.5, 0.6) is 0 Å². The highest BCUT2D eigenvalue weighted by Gasteiger charge is 2.30. The average Bonchev–Trinajstić information content (AvgIpc) is 3.45. The molecule has 9 heteroatoms. The molecule has 1 aromatic rings. The van der Waals surface area contributed by atoms with Gasteiger partial charge in [0, 0.05) is 36.3 Å². The molecule has 3 aliphatic rings. The van der Waals surface area contributed by atoms with E-state index < -0.39 is 0 Å². The molecule has 8 nitrogen and oxygen atoms in total. The van der Waals surface area contributed by atoms with Gasteiger partial charge in [0.15, 0.2) is 0 Å². The highest BCUT2D eigenvalue weighted by atomic mass is 32.1. The van der Waals surface area contributed by atoms with Crippen LogP contribution in [0.15, 0.2) is 6.20 Å². The predicted molar refractivity (Wildman–Crippen MR) is 122 cm³/mol. The van der Waals surface area contributed by atoms with Crippen molar-refractivity contribution in [3.63, 3.8) is 0 Å². The van der Waals surface area contributed by atoms with E-state index in [4.69, 9.17) is 4.98 Å². The van der Waals surface area contributed by atoms with Gasteiger partial charge in [-0.1, -0.05) is 12.8 Å². The lowest BCUT2D eigenvalue weighted by Gasteiger charge is -2.28. The Morgan fingerprint density at radius 2 is 1.90 bits per heavy atom. The van der Waals surface area contributed by atoms with Crippen LogP contribution in [0.3, 0.4) is 0 Å². The van der Waals surface area contributed by atoms with Crippen molar-refractivity contribution in [2.24, 2.45) is 5.92 Å². The van der Waals surface area contributed by atoms with E-state index in [2.05, 4.69) is 33.6 Å². The molecule has 0 bridgehead atoms. The normalized spacial score (nSPS) is 22.2. The number of rotatable bonds is 7. The van der Waals surface area contributed by atoms with E-state index >= 15 is 0 Å². The third-order valence-corrected chi connectivity index (χ3v) is 6.22. The molecule has 3 heterocycles. The van der Waals surface area contributed by atoms with Gasteiger partial charge in [-0.25, -0.2) is 4.98 Å². The van der Waals surface area contributed by atoms with Crippen LogP contribution in [0.2, 0.25) is 0 Å². The van der Waals surface area contributed by atoms with Crippen molar-refractivity contribution in [1.29, 1.82) is 0 Å². The minimum Gasteiger partial charge on any atom is -0.356 e. The van der Waals surface area contributed by atoms with Crippen LogP contribution in [0.1, 0.15) is 50.5 Å². The fourth-order valence-electron chi connectivity index (χ4n) is 4.58. The summed E-state index contributed by atoms with van der Waals surface area (Å²) in [5, 5.41) is 9.69. The summed E-state index contributed by atoms with van der Waals surface area (Å²) in [7, 11) is 0. The number of amides is 2. The summed E-state index contributed by atoms with van der Waals surface area (Å²) in [6, 6.07) is 0.534. The number of carbonyl (C=O) groups excluding carboxylic acids is 2. The second-order valence-electron chi connectivity index (χ2n) is 8.14. The number of thiol groups is 1. The van der Waals surface area contributed by atoms with E-state index in [1.54, 1.807) is 11.2 Å². The van der Waals surface area contributed by atoms with Gasteiger partial charge >= 0.3 is 0 Å². The monoisotopic (exact) mass is 434 g/mol. The first-order chi connectivity index (χ1) is 14.7. The summed E-state index contributed by atoms with van der Waals surface area (Å²) >= 11 is 3.53. The lowest BCUT2D eigenvalue weighted by molar-refractivity contribution is -0.122. The molecule has 2 saturated heterocycles. The molecular weight excluding hydrogens is 400 g/mol. The zero-order chi connectivity index (χ0) is 21.3. The minimum atomic E-state index is -0.0670. The molecule has 0 unspecified atom stereocenters. The molecule has 4 rings (SSSR count). The largest absolute Gasteiger partial charge is 0.356 e. The first-order valence-electron chi connectivity index (χ1n) is 11.0. The van der Waals surface area contributed by atoms with Crippen LogP contribution in [0.25, 0.3) is 0 Å². The van der Waals surface area contributed by atoms with Gasteiger partial charge in [-0.15, -0.1) is 0 Å². The number of anilines is 2. The minimum absolute atomic E-state index is 0.0670. The summed E-state index contributed by atoms with van der Waals surface area (Å²) < 4.78 is 0. The van der Waals surface area contributed by atoms with Crippen molar-refractivity contribution >= 4 is 36.7 Å². The Bertz CT molecular complexity index is 707. The van der Waals surface area contributed by atoms with Gasteiger partial charge in [-0.3, -0.25) is 14.5 Å². The van der Waals surface area contributed by atoms with E-state index in [-0.39, 0.29) is 17.9 Å². The first kappa shape index (κ1) is 22.8. The highest BCUT2D eigenvalue weighted by molar-refractivity contribution is 7.79. The number of nitrogens with one attached hydrogen (secondary N) is 3. The number of hydrogen-bond donors (Lipinski definition) is 4. The van der Waals surface area contributed by atoms with Crippen LogP contribution in [-0.2, 0) is 16.0 Å². The first-order valence-corrected chi connectivity index (χ1v) is 11.9. The quantitative estimate of drug-likeness (QED) is 0.386. The van der Waals surface area contributed by atoms with Crippen LogP contribution >= 0.6 is 12.6 Å². The lowest BCUT2D eigenvalue weighted by Crippen LogP contribution is -2.36. The smallest absolute Gasteiger partial charge is 0.224 e. The molecule has 0 spiro atoms. The molecule has 3 fully saturated rings. The standard InChI is InChI=1S/C20H30N6O2.CH4S/c27-13-26(17-3-1-2-4-17)18-15(11-14-5-10-22-19(14)28)12-23-20(25-18)24-16-6-8-21-9-7-16;1-2/h12-14,16-17,21H,1-11H2,(H,22,28)(H,23,24,25);2H,1H3/t14-;/m0./s1. The number of hydrogen-bond acceptors (Lipinski definition) is 7. The van der Waals surface area contributed by atoms with Gasteiger partial charge in [0.1, 0.15) is 5.82 Å². The number of nitrogens with zero attached hydrogens (tertiary/aromatic N) is 3. The third kappa shape index (κ3) is 5.63. The Kier molecular flexibility index (Phi) is 8.74. The number of carbonyl (C=O) groups is 2. The zero-order valence-corrected chi connectivity index (χ0v) is 18.7. The summed E-state index contributed by atoms with van der Waals surface area (Å²) in [5.74, 6) is 1.27. The van der Waals surface area contributed by atoms with Crippen molar-refractivity contribution in [3.05, 3.63) is 11.8 Å².